The van der Waals surface area contributed by atoms with Crippen molar-refractivity contribution in [1.82, 2.24) is 9.72 Å². The minimum absolute atomic E-state index is 0.592. The minimum atomic E-state index is -4.36. The van der Waals surface area contributed by atoms with Crippen LogP contribution in [-0.2, 0) is 0 Å². The summed E-state index contributed by atoms with van der Waals surface area (Å²) in [6, 6.07) is 35.9. The molecule has 0 spiro atoms. The van der Waals surface area contributed by atoms with Gasteiger partial charge < -0.3 is 0 Å². The van der Waals surface area contributed by atoms with Crippen LogP contribution < -0.4 is 36.9 Å². The standard InChI is InChI=1S/C48H58N3O6P3/c1-31-19-13-25-43(37(31)7)52-58(53-44-26-14-20-32(2)38(44)8)49-59(54-45-27-15-21-33(3)39(45)9,55-46-28-16-22-34(4)40(46)10)51-60(50-58,56-47-29-17-23-35(5)41(47)11)57-48-30-18-24-36(6)42(48)12/h13-30,49-50,58-59H,1-12H3. The van der Waals surface area contributed by atoms with E-state index in [1.54, 1.807) is 0 Å². The number of nitrogens with one attached hydrogen (secondary N) is 2. The van der Waals surface area contributed by atoms with Gasteiger partial charge in [0.1, 0.15) is 0 Å². The normalized spacial score (nSPS) is 16.1. The van der Waals surface area contributed by atoms with Crippen molar-refractivity contribution >= 4 is 23.7 Å². The maximum atomic E-state index is 7.41. The van der Waals surface area contributed by atoms with Gasteiger partial charge in [-0.2, -0.15) is 0 Å². The third-order valence-corrected chi connectivity index (χ3v) is 21.5. The van der Waals surface area contributed by atoms with Crippen molar-refractivity contribution in [2.24, 2.45) is 4.52 Å². The number of nitrogens with zero attached hydrogens (tertiary/aromatic N) is 1. The van der Waals surface area contributed by atoms with Gasteiger partial charge in [-0.3, -0.25) is 0 Å². The summed E-state index contributed by atoms with van der Waals surface area (Å²) >= 11 is 0. The van der Waals surface area contributed by atoms with E-state index in [9.17, 15) is 0 Å². The first-order chi connectivity index (χ1) is 28.5. The third kappa shape index (κ3) is 8.93. The SMILES string of the molecule is Cc1cccc(OP2(Oc3cccc(C)c3C)=N[PH](Oc3cccc(C)c3C)(Oc3cccc(C)c3C)N[PH](Oc3cccc(C)c3C)(Oc3cccc(C)c3C)N2)c1C. The molecule has 2 N–H and O–H groups in total. The number of benzene rings is 6. The van der Waals surface area contributed by atoms with Gasteiger partial charge in [-0.05, 0) is 0 Å². The number of hydrogen-bond donors (Lipinski definition) is 2. The molecule has 0 fully saturated rings. The molecular formula is C48H58N3O6P3. The quantitative estimate of drug-likeness (QED) is 0.118. The van der Waals surface area contributed by atoms with Crippen LogP contribution in [0.5, 0.6) is 34.5 Å². The molecule has 0 saturated carbocycles. The van der Waals surface area contributed by atoms with Crippen molar-refractivity contribution in [1.29, 1.82) is 0 Å². The van der Waals surface area contributed by atoms with Crippen LogP contribution in [0.15, 0.2) is 114 Å². The van der Waals surface area contributed by atoms with Crippen LogP contribution in [-0.4, -0.2) is 0 Å². The zero-order valence-corrected chi connectivity index (χ0v) is 39.6. The monoisotopic (exact) mass is 865 g/mol. The molecule has 0 bridgehead atoms. The molecule has 1 aliphatic heterocycles. The zero-order valence-electron chi connectivity index (χ0n) is 36.7. The number of aryl methyl sites for hydroxylation is 6. The average molecular weight is 866 g/mol. The summed E-state index contributed by atoms with van der Waals surface area (Å²) in [5.74, 6) is 3.62. The van der Waals surface area contributed by atoms with Gasteiger partial charge in [0, 0.05) is 0 Å². The Balaban J connectivity index is 1.61. The average Bonchev–Trinajstić information content (AvgIpc) is 3.19. The van der Waals surface area contributed by atoms with Gasteiger partial charge in [0.05, 0.1) is 0 Å². The second kappa shape index (κ2) is 17.2. The molecule has 0 saturated heterocycles. The molecule has 0 amide bonds. The Hall–Kier alpha value is -4.87. The van der Waals surface area contributed by atoms with Gasteiger partial charge in [0.2, 0.25) is 0 Å². The Bertz CT molecular complexity index is 2480. The summed E-state index contributed by atoms with van der Waals surface area (Å²) < 4.78 is 49.9. The molecule has 60 heavy (non-hydrogen) atoms. The van der Waals surface area contributed by atoms with Crippen LogP contribution in [0, 0.1) is 83.1 Å². The Labute approximate surface area is 357 Å². The van der Waals surface area contributed by atoms with Gasteiger partial charge in [0.15, 0.2) is 0 Å². The first-order valence-corrected chi connectivity index (χ1v) is 25.4. The number of rotatable bonds is 12. The van der Waals surface area contributed by atoms with Gasteiger partial charge in [-0.15, -0.1) is 0 Å². The van der Waals surface area contributed by atoms with E-state index in [1.807, 2.05) is 114 Å². The number of hydrogen-bond acceptors (Lipinski definition) is 9. The van der Waals surface area contributed by atoms with E-state index in [0.29, 0.717) is 34.5 Å². The molecule has 12 heteroatoms. The topological polar surface area (TPSA) is 91.8 Å². The molecule has 0 aromatic heterocycles. The molecule has 6 aromatic carbocycles. The van der Waals surface area contributed by atoms with Crippen molar-refractivity contribution in [2.45, 2.75) is 83.1 Å². The molecule has 316 valence electrons. The van der Waals surface area contributed by atoms with Crippen molar-refractivity contribution in [3.63, 3.8) is 0 Å². The molecule has 0 unspecified atom stereocenters. The van der Waals surface area contributed by atoms with E-state index >= 15 is 0 Å². The fraction of sp³-hybridized carbons (Fsp3) is 0.250. The van der Waals surface area contributed by atoms with E-state index in [1.165, 1.54) is 0 Å². The fourth-order valence-electron chi connectivity index (χ4n) is 6.84. The van der Waals surface area contributed by atoms with Crippen molar-refractivity contribution in [3.8, 4) is 34.5 Å². The van der Waals surface area contributed by atoms with E-state index in [0.717, 1.165) is 66.8 Å². The van der Waals surface area contributed by atoms with Crippen LogP contribution >= 0.6 is 23.7 Å². The fourth-order valence-corrected chi connectivity index (χ4v) is 18.8. The summed E-state index contributed by atoms with van der Waals surface area (Å²) in [5.41, 5.74) is 12.0. The summed E-state index contributed by atoms with van der Waals surface area (Å²) in [6.45, 7) is 24.6. The Morgan fingerprint density at radius 3 is 0.950 bits per heavy atom. The second-order valence-electron chi connectivity index (χ2n) is 15.8. The van der Waals surface area contributed by atoms with Gasteiger partial charge in [-0.25, -0.2) is 0 Å². The molecule has 9 nitrogen and oxygen atoms in total. The van der Waals surface area contributed by atoms with E-state index < -0.39 is 23.7 Å². The Morgan fingerprint density at radius 2 is 0.633 bits per heavy atom. The summed E-state index contributed by atoms with van der Waals surface area (Å²) in [4.78, 5) is 7.62. The Kier molecular flexibility index (Phi) is 12.4. The molecule has 6 aromatic rings. The van der Waals surface area contributed by atoms with Crippen LogP contribution in [0.1, 0.15) is 66.8 Å². The van der Waals surface area contributed by atoms with E-state index in [-0.39, 0.29) is 0 Å². The van der Waals surface area contributed by atoms with Crippen molar-refractivity contribution in [2.75, 3.05) is 0 Å². The summed E-state index contributed by atoms with van der Waals surface area (Å²) in [6.07, 6.45) is 0. The van der Waals surface area contributed by atoms with Crippen LogP contribution in [0.4, 0.5) is 0 Å². The molecule has 1 heterocycles. The zero-order chi connectivity index (χ0) is 43.0. The summed E-state index contributed by atoms with van der Waals surface area (Å²) in [7, 11) is -12.5. The maximum absolute atomic E-state index is 7.41. The van der Waals surface area contributed by atoms with Crippen molar-refractivity contribution < 1.29 is 27.1 Å². The Morgan fingerprint density at radius 1 is 0.367 bits per heavy atom. The van der Waals surface area contributed by atoms with E-state index in [2.05, 4.69) is 87.7 Å². The van der Waals surface area contributed by atoms with E-state index in [4.69, 9.17) is 31.7 Å². The molecule has 0 aliphatic carbocycles. The van der Waals surface area contributed by atoms with Crippen LogP contribution in [0.25, 0.3) is 0 Å². The van der Waals surface area contributed by atoms with Crippen LogP contribution in [0.2, 0.25) is 0 Å². The predicted octanol–water partition coefficient (Wildman–Crippen LogP) is 14.1. The first-order valence-electron chi connectivity index (χ1n) is 20.3. The van der Waals surface area contributed by atoms with Crippen LogP contribution in [0.3, 0.4) is 0 Å². The molecular weight excluding hydrogens is 807 g/mol. The first kappa shape index (κ1) is 43.2. The van der Waals surface area contributed by atoms with Gasteiger partial charge >= 0.3 is 359 Å². The van der Waals surface area contributed by atoms with Crippen molar-refractivity contribution in [3.05, 3.63) is 176 Å². The second-order valence-corrected chi connectivity index (χ2v) is 23.1. The molecule has 1 aliphatic rings. The van der Waals surface area contributed by atoms with Gasteiger partial charge in [-0.1, -0.05) is 0 Å². The summed E-state index contributed by atoms with van der Waals surface area (Å²) in [5, 5.41) is 0. The molecule has 7 rings (SSSR count). The molecule has 0 radical (unpaired) electrons. The predicted molar refractivity (Wildman–Crippen MR) is 252 cm³/mol. The molecule has 0 atom stereocenters. The van der Waals surface area contributed by atoms with Gasteiger partial charge in [0.25, 0.3) is 0 Å². The third-order valence-electron chi connectivity index (χ3n) is 11.7.